The Labute approximate surface area is 93.0 Å². The van der Waals surface area contributed by atoms with Crippen LogP contribution >= 0.6 is 0 Å². The van der Waals surface area contributed by atoms with Gasteiger partial charge in [0.15, 0.2) is 0 Å². The SMILES string of the molecule is CC1CCCN(C(=O)CCCCCN)C1. The van der Waals surface area contributed by atoms with Crippen molar-refractivity contribution in [1.82, 2.24) is 4.90 Å². The molecule has 1 atom stereocenters. The van der Waals surface area contributed by atoms with Gasteiger partial charge < -0.3 is 10.6 Å². The summed E-state index contributed by atoms with van der Waals surface area (Å²) in [6.07, 6.45) is 6.30. The zero-order valence-electron chi connectivity index (χ0n) is 9.87. The molecule has 0 aliphatic carbocycles. The lowest BCUT2D eigenvalue weighted by Crippen LogP contribution is -2.38. The molecule has 1 rings (SSSR count). The number of hydrogen-bond donors (Lipinski definition) is 1. The van der Waals surface area contributed by atoms with E-state index >= 15 is 0 Å². The molecule has 0 spiro atoms. The van der Waals surface area contributed by atoms with Crippen molar-refractivity contribution in [2.24, 2.45) is 11.7 Å². The molecular weight excluding hydrogens is 188 g/mol. The van der Waals surface area contributed by atoms with E-state index in [0.717, 1.165) is 38.9 Å². The number of piperidine rings is 1. The summed E-state index contributed by atoms with van der Waals surface area (Å²) in [5.74, 6) is 1.03. The summed E-state index contributed by atoms with van der Waals surface area (Å²) in [5, 5.41) is 0. The summed E-state index contributed by atoms with van der Waals surface area (Å²) < 4.78 is 0. The summed E-state index contributed by atoms with van der Waals surface area (Å²) in [6.45, 7) is 4.92. The molecule has 1 heterocycles. The van der Waals surface area contributed by atoms with Crippen LogP contribution in [0.25, 0.3) is 0 Å². The monoisotopic (exact) mass is 212 g/mol. The molecule has 1 unspecified atom stereocenters. The lowest BCUT2D eigenvalue weighted by molar-refractivity contribution is -0.133. The van der Waals surface area contributed by atoms with Gasteiger partial charge in [-0.25, -0.2) is 0 Å². The summed E-state index contributed by atoms with van der Waals surface area (Å²) in [7, 11) is 0. The maximum absolute atomic E-state index is 11.8. The molecule has 0 aromatic carbocycles. The molecule has 2 N–H and O–H groups in total. The minimum atomic E-state index is 0.346. The summed E-state index contributed by atoms with van der Waals surface area (Å²) in [5.41, 5.74) is 5.41. The summed E-state index contributed by atoms with van der Waals surface area (Å²) >= 11 is 0. The fourth-order valence-corrected chi connectivity index (χ4v) is 2.17. The summed E-state index contributed by atoms with van der Waals surface area (Å²) in [4.78, 5) is 13.8. The van der Waals surface area contributed by atoms with E-state index in [1.165, 1.54) is 12.8 Å². The van der Waals surface area contributed by atoms with Gasteiger partial charge in [0.2, 0.25) is 5.91 Å². The molecule has 3 nitrogen and oxygen atoms in total. The topological polar surface area (TPSA) is 46.3 Å². The van der Waals surface area contributed by atoms with Gasteiger partial charge in [-0.2, -0.15) is 0 Å². The number of carbonyl (C=O) groups is 1. The van der Waals surface area contributed by atoms with E-state index in [-0.39, 0.29) is 0 Å². The van der Waals surface area contributed by atoms with Crippen molar-refractivity contribution in [3.63, 3.8) is 0 Å². The predicted molar refractivity (Wildman–Crippen MR) is 62.5 cm³/mol. The Morgan fingerprint density at radius 2 is 2.20 bits per heavy atom. The van der Waals surface area contributed by atoms with Gasteiger partial charge in [0.1, 0.15) is 0 Å². The highest BCUT2D eigenvalue weighted by atomic mass is 16.2. The molecule has 1 amide bonds. The van der Waals surface area contributed by atoms with Crippen molar-refractivity contribution in [1.29, 1.82) is 0 Å². The Bertz CT molecular complexity index is 194. The van der Waals surface area contributed by atoms with Crippen LogP contribution in [-0.4, -0.2) is 30.4 Å². The minimum Gasteiger partial charge on any atom is -0.342 e. The second-order valence-electron chi connectivity index (χ2n) is 4.69. The highest BCUT2D eigenvalue weighted by Crippen LogP contribution is 2.16. The molecule has 88 valence electrons. The second-order valence-corrected chi connectivity index (χ2v) is 4.69. The van der Waals surface area contributed by atoms with E-state index < -0.39 is 0 Å². The average Bonchev–Trinajstić information content (AvgIpc) is 2.24. The minimum absolute atomic E-state index is 0.346. The maximum atomic E-state index is 11.8. The Kier molecular flexibility index (Phi) is 5.69. The second kappa shape index (κ2) is 6.83. The fraction of sp³-hybridized carbons (Fsp3) is 0.917. The first kappa shape index (κ1) is 12.5. The van der Waals surface area contributed by atoms with E-state index in [0.29, 0.717) is 18.2 Å². The van der Waals surface area contributed by atoms with Crippen molar-refractivity contribution >= 4 is 5.91 Å². The zero-order chi connectivity index (χ0) is 11.1. The quantitative estimate of drug-likeness (QED) is 0.706. The Hall–Kier alpha value is -0.570. The van der Waals surface area contributed by atoms with Gasteiger partial charge in [-0.1, -0.05) is 13.3 Å². The van der Waals surface area contributed by atoms with Crippen molar-refractivity contribution < 1.29 is 4.79 Å². The largest absolute Gasteiger partial charge is 0.342 e. The Morgan fingerprint density at radius 1 is 1.40 bits per heavy atom. The molecule has 0 bridgehead atoms. The van der Waals surface area contributed by atoms with Gasteiger partial charge >= 0.3 is 0 Å². The molecule has 0 radical (unpaired) electrons. The van der Waals surface area contributed by atoms with Gasteiger partial charge in [0, 0.05) is 19.5 Å². The first-order valence-corrected chi connectivity index (χ1v) is 6.22. The number of rotatable bonds is 5. The first-order chi connectivity index (χ1) is 7.24. The Balaban J connectivity index is 2.15. The fourth-order valence-electron chi connectivity index (χ4n) is 2.17. The van der Waals surface area contributed by atoms with Crippen molar-refractivity contribution in [3.05, 3.63) is 0 Å². The highest BCUT2D eigenvalue weighted by molar-refractivity contribution is 5.76. The first-order valence-electron chi connectivity index (χ1n) is 6.22. The highest BCUT2D eigenvalue weighted by Gasteiger charge is 2.19. The molecule has 15 heavy (non-hydrogen) atoms. The van der Waals surface area contributed by atoms with Crippen LogP contribution in [0.2, 0.25) is 0 Å². The molecule has 3 heteroatoms. The van der Waals surface area contributed by atoms with E-state index in [4.69, 9.17) is 5.73 Å². The normalized spacial score (nSPS) is 21.7. The van der Waals surface area contributed by atoms with Gasteiger partial charge in [-0.3, -0.25) is 4.79 Å². The number of likely N-dealkylation sites (tertiary alicyclic amines) is 1. The van der Waals surface area contributed by atoms with Crippen molar-refractivity contribution in [2.45, 2.75) is 45.4 Å². The van der Waals surface area contributed by atoms with Gasteiger partial charge in [0.05, 0.1) is 0 Å². The molecule has 1 saturated heterocycles. The number of nitrogens with zero attached hydrogens (tertiary/aromatic N) is 1. The molecule has 1 aliphatic heterocycles. The number of nitrogens with two attached hydrogens (primary N) is 1. The third kappa shape index (κ3) is 4.65. The maximum Gasteiger partial charge on any atom is 0.222 e. The van der Waals surface area contributed by atoms with Crippen molar-refractivity contribution in [2.75, 3.05) is 19.6 Å². The van der Waals surface area contributed by atoms with Crippen LogP contribution < -0.4 is 5.73 Å². The van der Waals surface area contributed by atoms with Crippen LogP contribution in [0.4, 0.5) is 0 Å². The molecule has 0 saturated carbocycles. The van der Waals surface area contributed by atoms with E-state index in [1.807, 2.05) is 4.90 Å². The summed E-state index contributed by atoms with van der Waals surface area (Å²) in [6, 6.07) is 0. The molecule has 0 aromatic heterocycles. The van der Waals surface area contributed by atoms with Crippen LogP contribution in [0.5, 0.6) is 0 Å². The van der Waals surface area contributed by atoms with Crippen LogP contribution in [0.1, 0.15) is 45.4 Å². The van der Waals surface area contributed by atoms with Crippen LogP contribution in [0, 0.1) is 5.92 Å². The standard InChI is InChI=1S/C12H24N2O/c1-11-6-5-9-14(10-11)12(15)7-3-2-4-8-13/h11H,2-10,13H2,1H3. The molecular formula is C12H24N2O. The van der Waals surface area contributed by atoms with Crippen LogP contribution in [0.15, 0.2) is 0 Å². The van der Waals surface area contributed by atoms with E-state index in [9.17, 15) is 4.79 Å². The number of amides is 1. The van der Waals surface area contributed by atoms with Crippen LogP contribution in [-0.2, 0) is 4.79 Å². The third-order valence-corrected chi connectivity index (χ3v) is 3.10. The number of unbranched alkanes of at least 4 members (excludes halogenated alkanes) is 2. The number of carbonyl (C=O) groups excluding carboxylic acids is 1. The molecule has 1 fully saturated rings. The third-order valence-electron chi connectivity index (χ3n) is 3.10. The number of hydrogen-bond acceptors (Lipinski definition) is 2. The van der Waals surface area contributed by atoms with Crippen LogP contribution in [0.3, 0.4) is 0 Å². The molecule has 0 aromatic rings. The van der Waals surface area contributed by atoms with Crippen molar-refractivity contribution in [3.8, 4) is 0 Å². The van der Waals surface area contributed by atoms with E-state index in [2.05, 4.69) is 6.92 Å². The van der Waals surface area contributed by atoms with E-state index in [1.54, 1.807) is 0 Å². The van der Waals surface area contributed by atoms with Gasteiger partial charge in [-0.05, 0) is 38.1 Å². The van der Waals surface area contributed by atoms with Gasteiger partial charge in [-0.15, -0.1) is 0 Å². The zero-order valence-corrected chi connectivity index (χ0v) is 9.87. The predicted octanol–water partition coefficient (Wildman–Crippen LogP) is 1.76. The van der Waals surface area contributed by atoms with Gasteiger partial charge in [0.25, 0.3) is 0 Å². The smallest absolute Gasteiger partial charge is 0.222 e. The Morgan fingerprint density at radius 3 is 2.87 bits per heavy atom. The average molecular weight is 212 g/mol. The molecule has 1 aliphatic rings. The lowest BCUT2D eigenvalue weighted by Gasteiger charge is -2.31. The lowest BCUT2D eigenvalue weighted by atomic mass is 10.00.